The predicted molar refractivity (Wildman–Crippen MR) is 106 cm³/mol. The lowest BCUT2D eigenvalue weighted by molar-refractivity contribution is 0.0187. The molecule has 1 aromatic rings. The number of rotatable bonds is 2. The van der Waals surface area contributed by atoms with Crippen molar-refractivity contribution < 1.29 is 9.53 Å². The number of benzene rings is 1. The Bertz CT molecular complexity index is 687. The lowest BCUT2D eigenvalue weighted by Gasteiger charge is -2.40. The molecule has 3 heterocycles. The van der Waals surface area contributed by atoms with Gasteiger partial charge in [0.25, 0.3) is 0 Å². The SMILES string of the molecule is CC(C)(C)OC(=O)N1CCC2NCC3C[C@@]2(C)[C@H](C1)N3Cc1ccccc1. The Hall–Kier alpha value is -1.59. The summed E-state index contributed by atoms with van der Waals surface area (Å²) in [5.41, 5.74) is 1.09. The summed E-state index contributed by atoms with van der Waals surface area (Å²) < 4.78 is 5.70. The van der Waals surface area contributed by atoms with Crippen LogP contribution < -0.4 is 5.32 Å². The van der Waals surface area contributed by atoms with E-state index in [-0.39, 0.29) is 11.5 Å². The summed E-state index contributed by atoms with van der Waals surface area (Å²) in [7, 11) is 0. The number of amides is 1. The average Bonchev–Trinajstić information content (AvgIpc) is 2.72. The maximum atomic E-state index is 12.8. The molecule has 1 amide bonds. The molecule has 1 N–H and O–H groups in total. The van der Waals surface area contributed by atoms with Gasteiger partial charge in [0.2, 0.25) is 0 Å². The molecule has 3 aliphatic rings. The van der Waals surface area contributed by atoms with Crippen LogP contribution in [0.5, 0.6) is 0 Å². The third-order valence-corrected chi connectivity index (χ3v) is 6.64. The fourth-order valence-corrected chi connectivity index (χ4v) is 5.33. The van der Waals surface area contributed by atoms with Gasteiger partial charge in [-0.2, -0.15) is 0 Å². The van der Waals surface area contributed by atoms with E-state index in [1.807, 2.05) is 25.7 Å². The third-order valence-electron chi connectivity index (χ3n) is 6.64. The van der Waals surface area contributed by atoms with Crippen LogP contribution in [0.25, 0.3) is 0 Å². The quantitative estimate of drug-likeness (QED) is 0.867. The highest BCUT2D eigenvalue weighted by Gasteiger charge is 2.57. The highest BCUT2D eigenvalue weighted by atomic mass is 16.6. The minimum Gasteiger partial charge on any atom is -0.444 e. The van der Waals surface area contributed by atoms with Gasteiger partial charge in [-0.15, -0.1) is 0 Å². The molecule has 3 aliphatic heterocycles. The minimum absolute atomic E-state index is 0.172. The summed E-state index contributed by atoms with van der Waals surface area (Å²) in [5.74, 6) is 0. The van der Waals surface area contributed by atoms with Crippen molar-refractivity contribution in [1.82, 2.24) is 15.1 Å². The van der Waals surface area contributed by atoms with Crippen LogP contribution in [0, 0.1) is 5.41 Å². The Balaban J connectivity index is 1.59. The summed E-state index contributed by atoms with van der Waals surface area (Å²) in [5, 5.41) is 3.80. The Kier molecular flexibility index (Phi) is 4.71. The van der Waals surface area contributed by atoms with Gasteiger partial charge in [-0.1, -0.05) is 37.3 Å². The largest absolute Gasteiger partial charge is 0.444 e. The van der Waals surface area contributed by atoms with Gasteiger partial charge in [0.05, 0.1) is 0 Å². The van der Waals surface area contributed by atoms with Crippen LogP contribution in [-0.4, -0.2) is 59.3 Å². The summed E-state index contributed by atoms with van der Waals surface area (Å²) in [6.45, 7) is 11.8. The smallest absolute Gasteiger partial charge is 0.410 e. The normalized spacial score (nSPS) is 33.6. The first-order valence-corrected chi connectivity index (χ1v) is 10.3. The van der Waals surface area contributed by atoms with Gasteiger partial charge in [-0.05, 0) is 39.2 Å². The van der Waals surface area contributed by atoms with E-state index in [4.69, 9.17) is 4.74 Å². The molecule has 27 heavy (non-hydrogen) atoms. The molecule has 0 spiro atoms. The number of hydrogen-bond acceptors (Lipinski definition) is 4. The second-order valence-electron chi connectivity index (χ2n) is 9.71. The summed E-state index contributed by atoms with van der Waals surface area (Å²) in [6, 6.07) is 12.1. The summed E-state index contributed by atoms with van der Waals surface area (Å²) in [4.78, 5) is 17.4. The second-order valence-corrected chi connectivity index (χ2v) is 9.71. The molecule has 0 saturated carbocycles. The number of ether oxygens (including phenoxy) is 1. The van der Waals surface area contributed by atoms with Crippen LogP contribution in [0.4, 0.5) is 4.79 Å². The summed E-state index contributed by atoms with van der Waals surface area (Å²) in [6.07, 6.45) is 2.04. The van der Waals surface area contributed by atoms with Crippen molar-refractivity contribution in [2.24, 2.45) is 5.41 Å². The maximum Gasteiger partial charge on any atom is 0.410 e. The van der Waals surface area contributed by atoms with Crippen molar-refractivity contribution in [1.29, 1.82) is 0 Å². The van der Waals surface area contributed by atoms with Crippen molar-refractivity contribution in [3.05, 3.63) is 35.9 Å². The van der Waals surface area contributed by atoms with E-state index in [9.17, 15) is 4.79 Å². The van der Waals surface area contributed by atoms with Gasteiger partial charge in [-0.25, -0.2) is 4.79 Å². The molecule has 0 aliphatic carbocycles. The first-order chi connectivity index (χ1) is 12.8. The number of piperidine rings is 1. The van der Waals surface area contributed by atoms with Gasteiger partial charge >= 0.3 is 6.09 Å². The van der Waals surface area contributed by atoms with Crippen LogP contribution in [-0.2, 0) is 11.3 Å². The molecule has 3 fully saturated rings. The van der Waals surface area contributed by atoms with Crippen LogP contribution in [0.1, 0.15) is 46.1 Å². The monoisotopic (exact) mass is 371 g/mol. The van der Waals surface area contributed by atoms with E-state index in [0.29, 0.717) is 18.1 Å². The average molecular weight is 372 g/mol. The number of nitrogens with one attached hydrogen (secondary N) is 1. The highest BCUT2D eigenvalue weighted by molar-refractivity contribution is 5.68. The van der Waals surface area contributed by atoms with Gasteiger partial charge in [0, 0.05) is 49.7 Å². The molecule has 0 aromatic heterocycles. The topological polar surface area (TPSA) is 44.8 Å². The van der Waals surface area contributed by atoms with Gasteiger partial charge in [0.1, 0.15) is 5.60 Å². The first-order valence-electron chi connectivity index (χ1n) is 10.3. The van der Waals surface area contributed by atoms with Crippen molar-refractivity contribution >= 4 is 6.09 Å². The third kappa shape index (κ3) is 3.59. The van der Waals surface area contributed by atoms with Gasteiger partial charge < -0.3 is 15.0 Å². The molecule has 4 rings (SSSR count). The minimum atomic E-state index is -0.455. The number of hydrogen-bond donors (Lipinski definition) is 1. The van der Waals surface area contributed by atoms with E-state index in [1.165, 1.54) is 12.0 Å². The number of carbonyl (C=O) groups excluding carboxylic acids is 1. The van der Waals surface area contributed by atoms with Gasteiger partial charge in [-0.3, -0.25) is 4.90 Å². The Morgan fingerprint density at radius 1 is 1.30 bits per heavy atom. The predicted octanol–water partition coefficient (Wildman–Crippen LogP) is 3.25. The number of carbonyl (C=O) groups is 1. The fourth-order valence-electron chi connectivity index (χ4n) is 5.33. The van der Waals surface area contributed by atoms with Crippen molar-refractivity contribution in [2.75, 3.05) is 19.6 Å². The Morgan fingerprint density at radius 3 is 2.74 bits per heavy atom. The maximum absolute atomic E-state index is 12.8. The molecule has 5 heteroatoms. The van der Waals surface area contributed by atoms with E-state index < -0.39 is 5.60 Å². The molecule has 0 radical (unpaired) electrons. The van der Waals surface area contributed by atoms with Crippen LogP contribution in [0.3, 0.4) is 0 Å². The zero-order chi connectivity index (χ0) is 19.2. The lowest BCUT2D eigenvalue weighted by Crippen LogP contribution is -2.51. The molecule has 2 bridgehead atoms. The van der Waals surface area contributed by atoms with E-state index >= 15 is 0 Å². The molecule has 3 saturated heterocycles. The molecule has 2 unspecified atom stereocenters. The number of nitrogens with zero attached hydrogens (tertiary/aromatic N) is 2. The molecule has 5 nitrogen and oxygen atoms in total. The second kappa shape index (κ2) is 6.78. The zero-order valence-corrected chi connectivity index (χ0v) is 17.1. The zero-order valence-electron chi connectivity index (χ0n) is 17.1. The number of fused-ring (bicyclic) bond motifs is 1. The Morgan fingerprint density at radius 2 is 2.04 bits per heavy atom. The van der Waals surface area contributed by atoms with E-state index in [1.54, 1.807) is 0 Å². The standard InChI is InChI=1S/C22H33N3O2/c1-21(2,3)27-20(26)24-11-10-18-22(4)12-17(13-23-18)25(19(22)15-24)14-16-8-6-5-7-9-16/h5-9,17-19,23H,10-15H2,1-4H3/t17?,18?,19-,22+/m0/s1. The van der Waals surface area contributed by atoms with Crippen LogP contribution in [0.2, 0.25) is 0 Å². The fraction of sp³-hybridized carbons (Fsp3) is 0.682. The lowest BCUT2D eigenvalue weighted by atomic mass is 9.72. The van der Waals surface area contributed by atoms with Crippen molar-refractivity contribution in [3.63, 3.8) is 0 Å². The van der Waals surface area contributed by atoms with E-state index in [2.05, 4.69) is 47.5 Å². The number of likely N-dealkylation sites (tertiary alicyclic amines) is 2. The molecular weight excluding hydrogens is 338 g/mol. The van der Waals surface area contributed by atoms with Crippen LogP contribution >= 0.6 is 0 Å². The van der Waals surface area contributed by atoms with Crippen molar-refractivity contribution in [2.45, 2.75) is 70.8 Å². The van der Waals surface area contributed by atoms with E-state index in [0.717, 1.165) is 32.6 Å². The summed E-state index contributed by atoms with van der Waals surface area (Å²) >= 11 is 0. The highest BCUT2D eigenvalue weighted by Crippen LogP contribution is 2.48. The molecular formula is C22H33N3O2. The Labute approximate surface area is 163 Å². The molecule has 4 atom stereocenters. The molecule has 148 valence electrons. The van der Waals surface area contributed by atoms with Crippen molar-refractivity contribution in [3.8, 4) is 0 Å². The van der Waals surface area contributed by atoms with Crippen LogP contribution in [0.15, 0.2) is 30.3 Å². The first kappa shape index (κ1) is 18.8. The molecule has 1 aromatic carbocycles. The van der Waals surface area contributed by atoms with Gasteiger partial charge in [0.15, 0.2) is 0 Å².